The normalized spacial score (nSPS) is 11.7. The van der Waals surface area contributed by atoms with Crippen LogP contribution >= 0.6 is 11.3 Å². The molecule has 1 N–H and O–H groups in total. The smallest absolute Gasteiger partial charge is 0.162 e. The summed E-state index contributed by atoms with van der Waals surface area (Å²) in [5, 5.41) is 16.8. The number of hydrogen-bond donors (Lipinski definition) is 1. The van der Waals surface area contributed by atoms with Crippen LogP contribution in [0.2, 0.25) is 0 Å². The third-order valence-corrected chi connectivity index (χ3v) is 2.70. The van der Waals surface area contributed by atoms with Gasteiger partial charge in [0, 0.05) is 19.7 Å². The van der Waals surface area contributed by atoms with Crippen LogP contribution in [0.4, 0.5) is 0 Å². The summed E-state index contributed by atoms with van der Waals surface area (Å²) in [6.07, 6.45) is 2.77. The quantitative estimate of drug-likeness (QED) is 0.743. The average molecular weight is 196 g/mol. The minimum Gasteiger partial charge on any atom is -0.313 e. The predicted octanol–water partition coefficient (Wildman–Crippen LogP) is 1.56. The fourth-order valence-electron chi connectivity index (χ4n) is 0.884. The van der Waals surface area contributed by atoms with E-state index < -0.39 is 0 Å². The van der Waals surface area contributed by atoms with Crippen molar-refractivity contribution in [2.24, 2.45) is 4.99 Å². The van der Waals surface area contributed by atoms with Crippen molar-refractivity contribution in [2.75, 3.05) is 7.05 Å². The molecule has 0 aliphatic rings. The molecule has 0 atom stereocenters. The van der Waals surface area contributed by atoms with Gasteiger partial charge in [0.2, 0.25) is 0 Å². The zero-order chi connectivity index (χ0) is 9.68. The Balaban J connectivity index is 2.85. The largest absolute Gasteiger partial charge is 0.313 e. The highest BCUT2D eigenvalue weighted by Gasteiger charge is 2.07. The second-order valence-corrected chi connectivity index (χ2v) is 3.50. The van der Waals surface area contributed by atoms with E-state index in [2.05, 4.69) is 15.2 Å². The van der Waals surface area contributed by atoms with E-state index in [0.717, 1.165) is 22.1 Å². The zero-order valence-corrected chi connectivity index (χ0v) is 8.56. The van der Waals surface area contributed by atoms with Gasteiger partial charge in [0.25, 0.3) is 0 Å². The maximum atomic E-state index is 6.99. The Labute approximate surface area is 81.2 Å². The fraction of sp³-hybridized carbons (Fsp3) is 0.500. The lowest BCUT2D eigenvalue weighted by atomic mass is 10.3. The lowest BCUT2D eigenvalue weighted by Crippen LogP contribution is -2.00. The standard InChI is InChI=1S/C8H12N4S/c1-3-7-11-12-8(13-7)6(10-2)4-5-9/h5,9H,3-4H2,1-2H3. The third-order valence-electron chi connectivity index (χ3n) is 1.58. The number of aryl methyl sites for hydroxylation is 1. The van der Waals surface area contributed by atoms with Gasteiger partial charge in [-0.2, -0.15) is 0 Å². The summed E-state index contributed by atoms with van der Waals surface area (Å²) in [6, 6.07) is 0. The molecular formula is C8H12N4S. The molecule has 5 heteroatoms. The molecule has 0 aromatic carbocycles. The first-order valence-electron chi connectivity index (χ1n) is 4.09. The van der Waals surface area contributed by atoms with E-state index in [-0.39, 0.29) is 0 Å². The van der Waals surface area contributed by atoms with Gasteiger partial charge in [-0.25, -0.2) is 0 Å². The van der Waals surface area contributed by atoms with E-state index in [4.69, 9.17) is 5.41 Å². The van der Waals surface area contributed by atoms with Crippen molar-refractivity contribution in [1.29, 1.82) is 5.41 Å². The van der Waals surface area contributed by atoms with Gasteiger partial charge in [-0.3, -0.25) is 4.99 Å². The minimum absolute atomic E-state index is 0.537. The summed E-state index contributed by atoms with van der Waals surface area (Å²) < 4.78 is 0. The molecule has 4 nitrogen and oxygen atoms in total. The van der Waals surface area contributed by atoms with Crippen LogP contribution in [0.1, 0.15) is 23.4 Å². The van der Waals surface area contributed by atoms with Gasteiger partial charge < -0.3 is 5.41 Å². The van der Waals surface area contributed by atoms with E-state index in [1.807, 2.05) is 6.92 Å². The molecule has 70 valence electrons. The lowest BCUT2D eigenvalue weighted by Gasteiger charge is -1.93. The zero-order valence-electron chi connectivity index (χ0n) is 7.74. The Kier molecular flexibility index (Phi) is 3.70. The SMILES string of the molecule is CCc1nnc(C(CC=N)=NC)s1. The topological polar surface area (TPSA) is 62.0 Å². The summed E-state index contributed by atoms with van der Waals surface area (Å²) in [5.74, 6) is 0. The van der Waals surface area contributed by atoms with E-state index in [1.165, 1.54) is 6.21 Å². The van der Waals surface area contributed by atoms with Gasteiger partial charge in [-0.05, 0) is 6.42 Å². The molecule has 0 aliphatic carbocycles. The summed E-state index contributed by atoms with van der Waals surface area (Å²) in [4.78, 5) is 4.07. The van der Waals surface area contributed by atoms with Crippen LogP contribution in [0.3, 0.4) is 0 Å². The number of aromatic nitrogens is 2. The maximum absolute atomic E-state index is 6.99. The van der Waals surface area contributed by atoms with Gasteiger partial charge in [0.15, 0.2) is 5.01 Å². The summed E-state index contributed by atoms with van der Waals surface area (Å²) in [7, 11) is 1.71. The molecule has 0 radical (unpaired) electrons. The van der Waals surface area contributed by atoms with Gasteiger partial charge >= 0.3 is 0 Å². The molecule has 0 spiro atoms. The molecule has 0 saturated heterocycles. The van der Waals surface area contributed by atoms with E-state index in [9.17, 15) is 0 Å². The van der Waals surface area contributed by atoms with Gasteiger partial charge in [0.1, 0.15) is 5.01 Å². The third kappa shape index (κ3) is 2.42. The molecule has 0 bridgehead atoms. The number of rotatable bonds is 4. The van der Waals surface area contributed by atoms with Crippen molar-refractivity contribution < 1.29 is 0 Å². The molecule has 0 saturated carbocycles. The Bertz CT molecular complexity index is 316. The molecule has 13 heavy (non-hydrogen) atoms. The molecule has 1 rings (SSSR count). The van der Waals surface area contributed by atoms with Crippen molar-refractivity contribution in [3.63, 3.8) is 0 Å². The van der Waals surface area contributed by atoms with Crippen molar-refractivity contribution in [1.82, 2.24) is 10.2 Å². The summed E-state index contributed by atoms with van der Waals surface area (Å²) >= 11 is 1.55. The first-order chi connectivity index (χ1) is 6.31. The lowest BCUT2D eigenvalue weighted by molar-refractivity contribution is 0.977. The van der Waals surface area contributed by atoms with Crippen molar-refractivity contribution >= 4 is 23.3 Å². The van der Waals surface area contributed by atoms with Crippen LogP contribution in [-0.4, -0.2) is 29.2 Å². The second-order valence-electron chi connectivity index (χ2n) is 2.43. The maximum Gasteiger partial charge on any atom is 0.162 e. The van der Waals surface area contributed by atoms with Crippen molar-refractivity contribution in [2.45, 2.75) is 19.8 Å². The highest BCUT2D eigenvalue weighted by atomic mass is 32.1. The summed E-state index contributed by atoms with van der Waals surface area (Å²) in [5.41, 5.74) is 0.840. The highest BCUT2D eigenvalue weighted by Crippen LogP contribution is 2.12. The van der Waals surface area contributed by atoms with Gasteiger partial charge in [0.05, 0.1) is 5.71 Å². The van der Waals surface area contributed by atoms with E-state index >= 15 is 0 Å². The Hall–Kier alpha value is -1.10. The number of hydrogen-bond acceptors (Lipinski definition) is 5. The predicted molar refractivity (Wildman–Crippen MR) is 55.1 cm³/mol. The van der Waals surface area contributed by atoms with Crippen LogP contribution in [0.15, 0.2) is 4.99 Å². The minimum atomic E-state index is 0.537. The van der Waals surface area contributed by atoms with Crippen LogP contribution in [-0.2, 0) is 6.42 Å². The summed E-state index contributed by atoms with van der Waals surface area (Å²) in [6.45, 7) is 2.05. The van der Waals surface area contributed by atoms with Crippen LogP contribution in [0.5, 0.6) is 0 Å². The number of nitrogens with one attached hydrogen (secondary N) is 1. The molecular weight excluding hydrogens is 184 g/mol. The van der Waals surface area contributed by atoms with Gasteiger partial charge in [-0.15, -0.1) is 10.2 Å². The fourth-order valence-corrected chi connectivity index (χ4v) is 1.71. The first kappa shape index (κ1) is 9.98. The first-order valence-corrected chi connectivity index (χ1v) is 4.90. The molecule has 0 amide bonds. The molecule has 0 aliphatic heterocycles. The molecule has 1 aromatic rings. The molecule has 0 unspecified atom stereocenters. The van der Waals surface area contributed by atoms with E-state index in [0.29, 0.717) is 6.42 Å². The van der Waals surface area contributed by atoms with Crippen molar-refractivity contribution in [3.8, 4) is 0 Å². The molecule has 0 fully saturated rings. The van der Waals surface area contributed by atoms with Crippen molar-refractivity contribution in [3.05, 3.63) is 10.0 Å². The second kappa shape index (κ2) is 4.81. The molecule has 1 aromatic heterocycles. The van der Waals surface area contributed by atoms with E-state index in [1.54, 1.807) is 18.4 Å². The van der Waals surface area contributed by atoms with Crippen LogP contribution < -0.4 is 0 Å². The molecule has 1 heterocycles. The van der Waals surface area contributed by atoms with Crippen LogP contribution in [0.25, 0.3) is 0 Å². The Morgan fingerprint density at radius 2 is 2.38 bits per heavy atom. The van der Waals surface area contributed by atoms with Gasteiger partial charge in [-0.1, -0.05) is 18.3 Å². The van der Waals surface area contributed by atoms with Crippen LogP contribution in [0, 0.1) is 5.41 Å². The highest BCUT2D eigenvalue weighted by molar-refractivity contribution is 7.13. The monoisotopic (exact) mass is 196 g/mol. The number of nitrogens with zero attached hydrogens (tertiary/aromatic N) is 3. The average Bonchev–Trinajstić information content (AvgIpc) is 2.62. The number of aliphatic imine (C=N–C) groups is 1. The Morgan fingerprint density at radius 3 is 2.85 bits per heavy atom. The Morgan fingerprint density at radius 1 is 1.62 bits per heavy atom.